The Morgan fingerprint density at radius 3 is 1.93 bits per heavy atom. The molecule has 0 unspecified atom stereocenters. The Labute approximate surface area is 160 Å². The number of esters is 1. The van der Waals surface area contributed by atoms with E-state index >= 15 is 0 Å². The smallest absolute Gasteiger partial charge is 0.343 e. The summed E-state index contributed by atoms with van der Waals surface area (Å²) in [6.45, 7) is 4.17. The largest absolute Gasteiger partial charge is 0.423 e. The van der Waals surface area contributed by atoms with Crippen molar-refractivity contribution in [2.75, 3.05) is 0 Å². The van der Waals surface area contributed by atoms with E-state index in [0.29, 0.717) is 11.3 Å². The Morgan fingerprint density at radius 1 is 0.815 bits per heavy atom. The molecule has 2 heteroatoms. The lowest BCUT2D eigenvalue weighted by Gasteiger charge is -2.04. The molecule has 0 saturated heterocycles. The van der Waals surface area contributed by atoms with Crippen LogP contribution in [0.15, 0.2) is 72.8 Å². The molecule has 0 aromatic heterocycles. The zero-order valence-electron chi connectivity index (χ0n) is 15.7. The van der Waals surface area contributed by atoms with Gasteiger partial charge in [-0.25, -0.2) is 4.79 Å². The van der Waals surface area contributed by atoms with Gasteiger partial charge in [0.15, 0.2) is 0 Å². The standard InChI is InChI=1S/C25H22O2/c1-3-4-20-7-9-21(10-8-20)11-12-22-13-15-23(16-14-22)25(26)27-24-17-5-19(2)6-18-24/h5-10,13-18H,3-4H2,1-2H3. The molecule has 0 N–H and O–H groups in total. The molecule has 0 heterocycles. The van der Waals surface area contributed by atoms with Crippen LogP contribution in [0.4, 0.5) is 0 Å². The minimum atomic E-state index is -0.370. The van der Waals surface area contributed by atoms with Gasteiger partial charge in [-0.3, -0.25) is 0 Å². The van der Waals surface area contributed by atoms with E-state index in [1.807, 2.05) is 43.3 Å². The average Bonchev–Trinajstić information content (AvgIpc) is 2.70. The molecule has 0 fully saturated rings. The maximum absolute atomic E-state index is 12.2. The molecule has 0 radical (unpaired) electrons. The summed E-state index contributed by atoms with van der Waals surface area (Å²) in [5.41, 5.74) is 4.81. The number of carbonyl (C=O) groups is 1. The van der Waals surface area contributed by atoms with Gasteiger partial charge in [0.25, 0.3) is 0 Å². The van der Waals surface area contributed by atoms with Gasteiger partial charge in [0.2, 0.25) is 0 Å². The van der Waals surface area contributed by atoms with E-state index in [0.717, 1.165) is 29.5 Å². The monoisotopic (exact) mass is 354 g/mol. The number of aryl methyl sites for hydroxylation is 2. The third kappa shape index (κ3) is 5.33. The quantitative estimate of drug-likeness (QED) is 0.348. The summed E-state index contributed by atoms with van der Waals surface area (Å²) in [6.07, 6.45) is 2.23. The summed E-state index contributed by atoms with van der Waals surface area (Å²) in [5, 5.41) is 0. The highest BCUT2D eigenvalue weighted by Gasteiger charge is 2.08. The van der Waals surface area contributed by atoms with Crippen molar-refractivity contribution in [2.24, 2.45) is 0 Å². The molecule has 3 aromatic carbocycles. The fourth-order valence-corrected chi connectivity index (χ4v) is 2.65. The number of benzene rings is 3. The van der Waals surface area contributed by atoms with Crippen LogP contribution in [0.25, 0.3) is 0 Å². The van der Waals surface area contributed by atoms with Crippen LogP contribution in [0.2, 0.25) is 0 Å². The molecule has 2 nitrogen and oxygen atoms in total. The lowest BCUT2D eigenvalue weighted by atomic mass is 10.1. The van der Waals surface area contributed by atoms with Crippen LogP contribution in [-0.4, -0.2) is 5.97 Å². The minimum Gasteiger partial charge on any atom is -0.423 e. The first kappa shape index (κ1) is 18.5. The van der Waals surface area contributed by atoms with Gasteiger partial charge in [0, 0.05) is 11.1 Å². The number of carbonyl (C=O) groups excluding carboxylic acids is 1. The molecule has 3 rings (SSSR count). The van der Waals surface area contributed by atoms with Crippen molar-refractivity contribution in [3.63, 3.8) is 0 Å². The maximum Gasteiger partial charge on any atom is 0.343 e. The Bertz CT molecular complexity index is 954. The highest BCUT2D eigenvalue weighted by molar-refractivity contribution is 5.91. The molecule has 0 amide bonds. The lowest BCUT2D eigenvalue weighted by molar-refractivity contribution is 0.0734. The van der Waals surface area contributed by atoms with E-state index in [9.17, 15) is 4.79 Å². The first-order valence-electron chi connectivity index (χ1n) is 9.14. The fourth-order valence-electron chi connectivity index (χ4n) is 2.65. The second-order valence-electron chi connectivity index (χ2n) is 6.48. The normalized spacial score (nSPS) is 10.0. The molecule has 0 atom stereocenters. The van der Waals surface area contributed by atoms with Crippen molar-refractivity contribution in [1.82, 2.24) is 0 Å². The van der Waals surface area contributed by atoms with E-state index in [2.05, 4.69) is 30.9 Å². The molecule has 0 aliphatic carbocycles. The van der Waals surface area contributed by atoms with E-state index in [1.54, 1.807) is 24.3 Å². The Morgan fingerprint density at radius 2 is 1.37 bits per heavy atom. The van der Waals surface area contributed by atoms with Gasteiger partial charge >= 0.3 is 5.97 Å². The molecule has 134 valence electrons. The minimum absolute atomic E-state index is 0.370. The van der Waals surface area contributed by atoms with Crippen molar-refractivity contribution in [3.8, 4) is 17.6 Å². The topological polar surface area (TPSA) is 26.3 Å². The zero-order chi connectivity index (χ0) is 19.1. The summed E-state index contributed by atoms with van der Waals surface area (Å²) < 4.78 is 5.38. The lowest BCUT2D eigenvalue weighted by Crippen LogP contribution is -2.08. The van der Waals surface area contributed by atoms with Crippen molar-refractivity contribution >= 4 is 5.97 Å². The molecule has 0 aliphatic rings. The second kappa shape index (κ2) is 8.87. The Kier molecular flexibility index (Phi) is 6.07. The first-order chi connectivity index (χ1) is 13.1. The van der Waals surface area contributed by atoms with Crippen LogP contribution in [0.3, 0.4) is 0 Å². The van der Waals surface area contributed by atoms with Crippen molar-refractivity contribution in [3.05, 3.63) is 101 Å². The molecule has 0 spiro atoms. The van der Waals surface area contributed by atoms with Gasteiger partial charge in [-0.15, -0.1) is 0 Å². The number of rotatable bonds is 4. The van der Waals surface area contributed by atoms with Gasteiger partial charge in [-0.1, -0.05) is 55.0 Å². The summed E-state index contributed by atoms with van der Waals surface area (Å²) in [4.78, 5) is 12.2. The second-order valence-corrected chi connectivity index (χ2v) is 6.48. The van der Waals surface area contributed by atoms with Crippen LogP contribution in [0, 0.1) is 18.8 Å². The molecule has 0 bridgehead atoms. The van der Waals surface area contributed by atoms with Crippen LogP contribution >= 0.6 is 0 Å². The van der Waals surface area contributed by atoms with Crippen molar-refractivity contribution in [2.45, 2.75) is 26.7 Å². The van der Waals surface area contributed by atoms with Gasteiger partial charge in [-0.2, -0.15) is 0 Å². The zero-order valence-corrected chi connectivity index (χ0v) is 15.7. The van der Waals surface area contributed by atoms with Gasteiger partial charge in [-0.05, 0) is 67.4 Å². The summed E-state index contributed by atoms with van der Waals surface area (Å²) >= 11 is 0. The predicted molar refractivity (Wildman–Crippen MR) is 109 cm³/mol. The predicted octanol–water partition coefficient (Wildman–Crippen LogP) is 5.57. The Balaban J connectivity index is 1.65. The van der Waals surface area contributed by atoms with Gasteiger partial charge in [0.05, 0.1) is 5.56 Å². The van der Waals surface area contributed by atoms with Crippen molar-refractivity contribution in [1.29, 1.82) is 0 Å². The Hall–Kier alpha value is -3.31. The number of hydrogen-bond acceptors (Lipinski definition) is 2. The van der Waals surface area contributed by atoms with E-state index in [1.165, 1.54) is 5.56 Å². The van der Waals surface area contributed by atoms with Crippen LogP contribution in [0.5, 0.6) is 5.75 Å². The van der Waals surface area contributed by atoms with Crippen LogP contribution < -0.4 is 4.74 Å². The van der Waals surface area contributed by atoms with Gasteiger partial charge in [0.1, 0.15) is 5.75 Å². The molecular formula is C25H22O2. The molecule has 0 saturated carbocycles. The SMILES string of the molecule is CCCc1ccc(C#Cc2ccc(C(=O)Oc3ccc(C)cc3)cc2)cc1. The molecule has 3 aromatic rings. The number of hydrogen-bond donors (Lipinski definition) is 0. The summed E-state index contributed by atoms with van der Waals surface area (Å²) in [7, 11) is 0. The molecule has 27 heavy (non-hydrogen) atoms. The fraction of sp³-hybridized carbons (Fsp3) is 0.160. The maximum atomic E-state index is 12.2. The third-order valence-electron chi connectivity index (χ3n) is 4.20. The first-order valence-corrected chi connectivity index (χ1v) is 9.14. The highest BCUT2D eigenvalue weighted by Crippen LogP contribution is 2.14. The average molecular weight is 354 g/mol. The van der Waals surface area contributed by atoms with Crippen LogP contribution in [0.1, 0.15) is 46.0 Å². The highest BCUT2D eigenvalue weighted by atomic mass is 16.5. The van der Waals surface area contributed by atoms with Gasteiger partial charge < -0.3 is 4.74 Å². The van der Waals surface area contributed by atoms with E-state index < -0.39 is 0 Å². The summed E-state index contributed by atoms with van der Waals surface area (Å²) in [6, 6.07) is 22.9. The van der Waals surface area contributed by atoms with Crippen molar-refractivity contribution < 1.29 is 9.53 Å². The van der Waals surface area contributed by atoms with E-state index in [-0.39, 0.29) is 5.97 Å². The van der Waals surface area contributed by atoms with E-state index in [4.69, 9.17) is 4.74 Å². The molecule has 0 aliphatic heterocycles. The summed E-state index contributed by atoms with van der Waals surface area (Å²) in [5.74, 6) is 6.46. The molecular weight excluding hydrogens is 332 g/mol. The number of ether oxygens (including phenoxy) is 1. The van der Waals surface area contributed by atoms with Crippen LogP contribution in [-0.2, 0) is 6.42 Å². The third-order valence-corrected chi connectivity index (χ3v) is 4.20.